The number of ether oxygens (including phenoxy) is 6. The van der Waals surface area contributed by atoms with Crippen LogP contribution in [0, 0.1) is 0 Å². The molecule has 2 fully saturated rings. The Bertz CT molecular complexity index is 1540. The van der Waals surface area contributed by atoms with Gasteiger partial charge in [0.05, 0.1) is 19.8 Å². The molecule has 2 aliphatic rings. The summed E-state index contributed by atoms with van der Waals surface area (Å²) in [7, 11) is 0. The van der Waals surface area contributed by atoms with Crippen LogP contribution in [0.5, 0.6) is 0 Å². The Labute approximate surface area is 418 Å². The van der Waals surface area contributed by atoms with Gasteiger partial charge in [-0.15, -0.1) is 0 Å². The highest BCUT2D eigenvalue weighted by molar-refractivity contribution is 5.70. The molecule has 15 heteroatoms. The summed E-state index contributed by atoms with van der Waals surface area (Å²) in [6.07, 6.45) is 33.4. The molecule has 4 unspecified atom stereocenters. The maximum Gasteiger partial charge on any atom is 0.306 e. The van der Waals surface area contributed by atoms with Gasteiger partial charge in [0.2, 0.25) is 0 Å². The van der Waals surface area contributed by atoms with Crippen molar-refractivity contribution in [2.75, 3.05) is 26.4 Å². The maximum absolute atomic E-state index is 13.0. The average Bonchev–Trinajstić information content (AvgIpc) is 3.35. The lowest BCUT2D eigenvalue weighted by molar-refractivity contribution is -0.332. The average molecular weight is 991 g/mol. The van der Waals surface area contributed by atoms with Gasteiger partial charge in [-0.1, -0.05) is 150 Å². The van der Waals surface area contributed by atoms with Crippen LogP contribution in [0.15, 0.2) is 85.1 Å². The summed E-state index contributed by atoms with van der Waals surface area (Å²) < 4.78 is 33.5. The molecule has 0 amide bonds. The Balaban J connectivity index is 1.85. The molecule has 2 rings (SSSR count). The van der Waals surface area contributed by atoms with Crippen molar-refractivity contribution in [2.24, 2.45) is 0 Å². The Morgan fingerprint density at radius 2 is 0.929 bits per heavy atom. The van der Waals surface area contributed by atoms with Gasteiger partial charge in [0.25, 0.3) is 0 Å². The lowest BCUT2D eigenvalue weighted by Crippen LogP contribution is -2.61. The normalized spacial score (nSPS) is 26.1. The monoisotopic (exact) mass is 991 g/mol. The van der Waals surface area contributed by atoms with Crippen LogP contribution in [0.1, 0.15) is 155 Å². The van der Waals surface area contributed by atoms with Crippen molar-refractivity contribution in [3.63, 3.8) is 0 Å². The van der Waals surface area contributed by atoms with E-state index in [1.165, 1.54) is 57.8 Å². The van der Waals surface area contributed by atoms with Crippen molar-refractivity contribution in [1.82, 2.24) is 0 Å². The molecule has 0 spiro atoms. The molecule has 0 aromatic heterocycles. The second-order valence-electron chi connectivity index (χ2n) is 18.0. The zero-order valence-corrected chi connectivity index (χ0v) is 42.2. The van der Waals surface area contributed by atoms with Gasteiger partial charge < -0.3 is 64.2 Å². The molecule has 7 N–H and O–H groups in total. The van der Waals surface area contributed by atoms with E-state index in [9.17, 15) is 45.3 Å². The molecule has 2 saturated heterocycles. The van der Waals surface area contributed by atoms with Gasteiger partial charge in [-0.05, 0) is 77.0 Å². The van der Waals surface area contributed by atoms with Crippen LogP contribution < -0.4 is 0 Å². The highest BCUT2D eigenvalue weighted by Gasteiger charge is 2.47. The van der Waals surface area contributed by atoms with Crippen molar-refractivity contribution in [1.29, 1.82) is 0 Å². The fourth-order valence-corrected chi connectivity index (χ4v) is 7.59. The number of unbranched alkanes of at least 4 members (excludes halogenated alkanes) is 11. The minimum absolute atomic E-state index is 0.0843. The quantitative estimate of drug-likeness (QED) is 0.0179. The third-order valence-electron chi connectivity index (χ3n) is 11.9. The number of hydrogen-bond donors (Lipinski definition) is 7. The molecule has 0 aliphatic carbocycles. The van der Waals surface area contributed by atoms with Crippen molar-refractivity contribution in [3.8, 4) is 0 Å². The summed E-state index contributed by atoms with van der Waals surface area (Å²) in [4.78, 5) is 25.7. The highest BCUT2D eigenvalue weighted by atomic mass is 16.7. The predicted molar refractivity (Wildman–Crippen MR) is 270 cm³/mol. The molecule has 2 aliphatic heterocycles. The standard InChI is InChI=1S/C55H90O15/c1-3-5-7-9-11-13-15-17-19-20-21-22-24-25-27-29-31-33-35-37-46(57)65-40-43(68-47(58)38-36-34-32-30-28-26-23-18-16-14-12-10-8-6-4-2)41-66-54-53(64)51(62)49(60)45(70-54)42-67-55-52(63)50(61)48(59)44(39-56)69-55/h5,7,11,13,17,19,21-22,25,27-28,30-31,33,43-45,48-56,59-64H,3-4,6,8-10,12,14-16,18,20,23-24,26,29,32,34-42H2,1-2H3/b7-5+,13-11+,19-17+,22-21+,27-25+,30-28+,33-31+/t43-,44+,45+,48-,49-,50?,51?,52?,53?,54+,55+/m0/s1. The van der Waals surface area contributed by atoms with Gasteiger partial charge in [0.15, 0.2) is 18.7 Å². The molecule has 2 heterocycles. The van der Waals surface area contributed by atoms with Crippen LogP contribution in [-0.2, 0) is 38.0 Å². The molecule has 70 heavy (non-hydrogen) atoms. The minimum Gasteiger partial charge on any atom is -0.462 e. The van der Waals surface area contributed by atoms with Gasteiger partial charge in [-0.25, -0.2) is 0 Å². The zero-order chi connectivity index (χ0) is 51.0. The van der Waals surface area contributed by atoms with Crippen LogP contribution in [0.3, 0.4) is 0 Å². The molecular weight excluding hydrogens is 901 g/mol. The largest absolute Gasteiger partial charge is 0.462 e. The van der Waals surface area contributed by atoms with Crippen LogP contribution in [0.4, 0.5) is 0 Å². The molecule has 400 valence electrons. The van der Waals surface area contributed by atoms with E-state index >= 15 is 0 Å². The van der Waals surface area contributed by atoms with Crippen molar-refractivity contribution >= 4 is 11.9 Å². The highest BCUT2D eigenvalue weighted by Crippen LogP contribution is 2.26. The van der Waals surface area contributed by atoms with Crippen LogP contribution in [0.2, 0.25) is 0 Å². The minimum atomic E-state index is -1.78. The summed E-state index contributed by atoms with van der Waals surface area (Å²) >= 11 is 0. The summed E-state index contributed by atoms with van der Waals surface area (Å²) in [6.45, 7) is 2.36. The SMILES string of the molecule is CC/C=C/C/C=C/C/C=C/C/C=C/C/C=C/C/C=C/CCC(=O)OC[C@@H](CO[C@@H]1O[C@H](CO[C@@H]2O[C@H](CO)[C@H](O)C(O)C2O)[C@H](O)C(O)C1O)OC(=O)CCCC/C=C/CCCCCCCCCCC. The number of aliphatic hydroxyl groups excluding tert-OH is 7. The number of allylic oxidation sites excluding steroid dienone is 14. The topological polar surface area (TPSA) is 231 Å². The summed E-state index contributed by atoms with van der Waals surface area (Å²) in [6, 6.07) is 0. The van der Waals surface area contributed by atoms with Gasteiger partial charge in [-0.2, -0.15) is 0 Å². The first kappa shape index (κ1) is 62.8. The van der Waals surface area contributed by atoms with Crippen molar-refractivity contribution in [3.05, 3.63) is 85.1 Å². The van der Waals surface area contributed by atoms with Crippen molar-refractivity contribution in [2.45, 2.75) is 223 Å². The van der Waals surface area contributed by atoms with Gasteiger partial charge >= 0.3 is 11.9 Å². The summed E-state index contributed by atoms with van der Waals surface area (Å²) in [5.41, 5.74) is 0. The second-order valence-corrected chi connectivity index (χ2v) is 18.0. The summed E-state index contributed by atoms with van der Waals surface area (Å²) in [5.74, 6) is -1.06. The first-order valence-electron chi connectivity index (χ1n) is 26.2. The molecule has 0 aromatic rings. The zero-order valence-electron chi connectivity index (χ0n) is 42.2. The smallest absolute Gasteiger partial charge is 0.306 e. The van der Waals surface area contributed by atoms with E-state index in [1.807, 2.05) is 12.2 Å². The molecule has 0 radical (unpaired) electrons. The van der Waals surface area contributed by atoms with E-state index in [-0.39, 0.29) is 19.4 Å². The number of rotatable bonds is 39. The Hall–Kier alpha value is -3.32. The first-order chi connectivity index (χ1) is 34.0. The number of hydrogen-bond acceptors (Lipinski definition) is 15. The van der Waals surface area contributed by atoms with Gasteiger partial charge in [0.1, 0.15) is 55.4 Å². The van der Waals surface area contributed by atoms with E-state index in [0.717, 1.165) is 57.8 Å². The van der Waals surface area contributed by atoms with Crippen LogP contribution in [0.25, 0.3) is 0 Å². The third kappa shape index (κ3) is 28.7. The molecule has 0 aromatic carbocycles. The number of aliphatic hydroxyl groups is 7. The number of carbonyl (C=O) groups excluding carboxylic acids is 2. The third-order valence-corrected chi connectivity index (χ3v) is 11.9. The Morgan fingerprint density at radius 3 is 1.47 bits per heavy atom. The molecule has 11 atom stereocenters. The molecule has 0 bridgehead atoms. The Morgan fingerprint density at radius 1 is 0.471 bits per heavy atom. The van der Waals surface area contributed by atoms with E-state index < -0.39 is 99.3 Å². The number of carbonyl (C=O) groups is 2. The fourth-order valence-electron chi connectivity index (χ4n) is 7.59. The molecule has 0 saturated carbocycles. The van der Waals surface area contributed by atoms with E-state index in [1.54, 1.807) is 0 Å². The number of esters is 2. The van der Waals surface area contributed by atoms with Gasteiger partial charge in [0, 0.05) is 12.8 Å². The molecule has 15 nitrogen and oxygen atoms in total. The fraction of sp³-hybridized carbons (Fsp3) is 0.709. The van der Waals surface area contributed by atoms with E-state index in [4.69, 9.17) is 28.4 Å². The van der Waals surface area contributed by atoms with Crippen molar-refractivity contribution < 1.29 is 73.8 Å². The van der Waals surface area contributed by atoms with Crippen LogP contribution in [-0.4, -0.2) is 142 Å². The van der Waals surface area contributed by atoms with E-state index in [0.29, 0.717) is 12.8 Å². The molecular formula is C55H90O15. The van der Waals surface area contributed by atoms with Crippen LogP contribution >= 0.6 is 0 Å². The predicted octanol–water partition coefficient (Wildman–Crippen LogP) is 7.60. The lowest BCUT2D eigenvalue weighted by Gasteiger charge is -2.42. The second kappa shape index (κ2) is 41.2. The first-order valence-corrected chi connectivity index (χ1v) is 26.2. The Kier molecular flexibility index (Phi) is 36.9. The van der Waals surface area contributed by atoms with Gasteiger partial charge in [-0.3, -0.25) is 9.59 Å². The summed E-state index contributed by atoms with van der Waals surface area (Å²) in [5, 5.41) is 72.1. The maximum atomic E-state index is 13.0. The lowest BCUT2D eigenvalue weighted by atomic mass is 9.98. The van der Waals surface area contributed by atoms with E-state index in [2.05, 4.69) is 86.8 Å².